The second kappa shape index (κ2) is 6.16. The van der Waals surface area contributed by atoms with Gasteiger partial charge in [-0.2, -0.15) is 0 Å². The molecule has 110 valence electrons. The first-order valence-corrected chi connectivity index (χ1v) is 7.73. The van der Waals surface area contributed by atoms with E-state index in [0.29, 0.717) is 6.42 Å². The summed E-state index contributed by atoms with van der Waals surface area (Å²) in [5.74, 6) is 0.761. The summed E-state index contributed by atoms with van der Waals surface area (Å²) in [5, 5.41) is 2.89. The van der Waals surface area contributed by atoms with Crippen LogP contribution in [0.4, 0.5) is 0 Å². The molecule has 1 unspecified atom stereocenters. The second-order valence-corrected chi connectivity index (χ2v) is 7.77. The lowest BCUT2D eigenvalue weighted by Gasteiger charge is -2.24. The molecule has 1 amide bonds. The molecule has 0 heterocycles. The maximum atomic E-state index is 12.0. The molecule has 1 saturated carbocycles. The molecule has 1 fully saturated rings. The Bertz CT molecular complexity index is 345. The summed E-state index contributed by atoms with van der Waals surface area (Å²) in [7, 11) is 1.42. The first kappa shape index (κ1) is 16.3. The van der Waals surface area contributed by atoms with Crippen molar-refractivity contribution in [2.45, 2.75) is 57.7 Å². The lowest BCUT2D eigenvalue weighted by molar-refractivity contribution is -0.141. The van der Waals surface area contributed by atoms with E-state index in [-0.39, 0.29) is 28.1 Å². The fraction of sp³-hybridized carbons (Fsp3) is 0.857. The summed E-state index contributed by atoms with van der Waals surface area (Å²) in [6.45, 7) is 7.84. The number of hydrogen-bond acceptors (Lipinski definition) is 4. The smallest absolute Gasteiger partial charge is 0.306 e. The molecule has 4 nitrogen and oxygen atoms in total. The predicted molar refractivity (Wildman–Crippen MR) is 78.1 cm³/mol. The second-order valence-electron chi connectivity index (χ2n) is 6.45. The third kappa shape index (κ3) is 5.85. The summed E-state index contributed by atoms with van der Waals surface area (Å²) in [5.41, 5.74) is -0.122. The Morgan fingerprint density at radius 2 is 1.95 bits per heavy atom. The van der Waals surface area contributed by atoms with Gasteiger partial charge in [-0.3, -0.25) is 9.59 Å². The van der Waals surface area contributed by atoms with E-state index in [1.54, 1.807) is 11.8 Å². The van der Waals surface area contributed by atoms with Gasteiger partial charge in [0.2, 0.25) is 5.91 Å². The molecule has 1 atom stereocenters. The number of methoxy groups -OCH3 is 1. The Labute approximate surface area is 120 Å². The van der Waals surface area contributed by atoms with Gasteiger partial charge in [-0.1, -0.05) is 0 Å². The molecule has 1 aliphatic rings. The number of carbonyl (C=O) groups is 2. The van der Waals surface area contributed by atoms with Crippen LogP contribution >= 0.6 is 11.8 Å². The van der Waals surface area contributed by atoms with Crippen LogP contribution in [0.25, 0.3) is 0 Å². The quantitative estimate of drug-likeness (QED) is 0.762. The molecule has 0 aromatic rings. The fourth-order valence-corrected chi connectivity index (χ4v) is 2.98. The fourth-order valence-electron chi connectivity index (χ4n) is 1.78. The average molecular weight is 287 g/mol. The van der Waals surface area contributed by atoms with E-state index in [9.17, 15) is 9.59 Å². The monoisotopic (exact) mass is 287 g/mol. The molecule has 0 saturated heterocycles. The highest BCUT2D eigenvalue weighted by Crippen LogP contribution is 2.51. The van der Waals surface area contributed by atoms with Crippen molar-refractivity contribution in [1.82, 2.24) is 5.32 Å². The van der Waals surface area contributed by atoms with Crippen molar-refractivity contribution in [2.75, 3.05) is 12.9 Å². The molecule has 0 aromatic carbocycles. The van der Waals surface area contributed by atoms with Crippen molar-refractivity contribution in [3.63, 3.8) is 0 Å². The first-order valence-electron chi connectivity index (χ1n) is 6.68. The van der Waals surface area contributed by atoms with Gasteiger partial charge in [0.05, 0.1) is 18.8 Å². The normalized spacial score (nSPS) is 18.6. The Kier molecular flexibility index (Phi) is 5.30. The molecule has 1 aliphatic carbocycles. The zero-order valence-corrected chi connectivity index (χ0v) is 13.4. The number of rotatable bonds is 6. The number of ether oxygens (including phenoxy) is 1. The molecule has 0 radical (unpaired) electrons. The van der Waals surface area contributed by atoms with Gasteiger partial charge in [0.1, 0.15) is 0 Å². The predicted octanol–water partition coefficient (Wildman–Crippen LogP) is 2.37. The molecule has 0 bridgehead atoms. The zero-order valence-electron chi connectivity index (χ0n) is 12.5. The first-order chi connectivity index (χ1) is 8.67. The summed E-state index contributed by atoms with van der Waals surface area (Å²) in [6, 6.07) is 0. The van der Waals surface area contributed by atoms with Gasteiger partial charge in [0.25, 0.3) is 0 Å². The van der Waals surface area contributed by atoms with Gasteiger partial charge in [0, 0.05) is 11.3 Å². The zero-order chi connectivity index (χ0) is 14.7. The minimum Gasteiger partial charge on any atom is -0.469 e. The van der Waals surface area contributed by atoms with Crippen LogP contribution in [0, 0.1) is 5.41 Å². The Morgan fingerprint density at radius 3 is 2.37 bits per heavy atom. The minimum absolute atomic E-state index is 0.0615. The molecule has 5 heteroatoms. The molecule has 1 N–H and O–H groups in total. The maximum absolute atomic E-state index is 12.0. The third-order valence-corrected chi connectivity index (χ3v) is 4.70. The summed E-state index contributed by atoms with van der Waals surface area (Å²) in [6.07, 6.45) is 2.59. The van der Waals surface area contributed by atoms with Gasteiger partial charge >= 0.3 is 5.97 Å². The van der Waals surface area contributed by atoms with Crippen LogP contribution in [0.3, 0.4) is 0 Å². The van der Waals surface area contributed by atoms with E-state index in [0.717, 1.165) is 18.6 Å². The van der Waals surface area contributed by atoms with Crippen LogP contribution in [0.15, 0.2) is 0 Å². The molecule has 1 rings (SSSR count). The van der Waals surface area contributed by atoms with Crippen molar-refractivity contribution < 1.29 is 14.3 Å². The molecule has 0 spiro atoms. The van der Waals surface area contributed by atoms with Crippen molar-refractivity contribution in [2.24, 2.45) is 5.41 Å². The molecular formula is C14H25NO3S. The number of thioether (sulfide) groups is 1. The lowest BCUT2D eigenvalue weighted by atomic mass is 10.1. The molecular weight excluding hydrogens is 262 g/mol. The van der Waals surface area contributed by atoms with Crippen molar-refractivity contribution in [1.29, 1.82) is 0 Å². The van der Waals surface area contributed by atoms with Crippen LogP contribution in [0.1, 0.15) is 47.0 Å². The number of amides is 1. The van der Waals surface area contributed by atoms with E-state index in [1.165, 1.54) is 7.11 Å². The highest BCUT2D eigenvalue weighted by molar-refractivity contribution is 8.00. The topological polar surface area (TPSA) is 55.4 Å². The summed E-state index contributed by atoms with van der Waals surface area (Å²) in [4.78, 5) is 23.3. The molecule has 19 heavy (non-hydrogen) atoms. The van der Waals surface area contributed by atoms with Crippen LogP contribution in [0.2, 0.25) is 0 Å². The Hall–Kier alpha value is -0.710. The van der Waals surface area contributed by atoms with Crippen molar-refractivity contribution in [3.05, 3.63) is 0 Å². The van der Waals surface area contributed by atoms with E-state index in [2.05, 4.69) is 5.32 Å². The summed E-state index contributed by atoms with van der Waals surface area (Å²) >= 11 is 1.63. The van der Waals surface area contributed by atoms with Crippen molar-refractivity contribution >= 4 is 23.6 Å². The SMILES string of the molecule is COC(=O)CC1(CSC(C)C(=O)NC(C)(C)C)CC1. The Morgan fingerprint density at radius 1 is 1.37 bits per heavy atom. The average Bonchev–Trinajstić information content (AvgIpc) is 3.03. The van der Waals surface area contributed by atoms with E-state index in [4.69, 9.17) is 4.74 Å². The highest BCUT2D eigenvalue weighted by Gasteiger charge is 2.45. The number of esters is 1. The minimum atomic E-state index is -0.199. The van der Waals surface area contributed by atoms with Gasteiger partial charge < -0.3 is 10.1 Å². The van der Waals surface area contributed by atoms with Crippen LogP contribution in [0.5, 0.6) is 0 Å². The lowest BCUT2D eigenvalue weighted by Crippen LogP contribution is -2.44. The summed E-state index contributed by atoms with van der Waals surface area (Å²) < 4.78 is 4.72. The largest absolute Gasteiger partial charge is 0.469 e. The molecule has 0 aromatic heterocycles. The third-order valence-electron chi connectivity index (χ3n) is 3.21. The highest BCUT2D eigenvalue weighted by atomic mass is 32.2. The molecule has 0 aliphatic heterocycles. The van der Waals surface area contributed by atoms with Crippen LogP contribution in [-0.4, -0.2) is 35.5 Å². The van der Waals surface area contributed by atoms with E-state index in [1.807, 2.05) is 27.7 Å². The van der Waals surface area contributed by atoms with Gasteiger partial charge in [-0.25, -0.2) is 0 Å². The van der Waals surface area contributed by atoms with Crippen LogP contribution in [-0.2, 0) is 14.3 Å². The standard InChI is InChI=1S/C14H25NO3S/c1-10(12(17)15-13(2,3)4)19-9-14(6-7-14)8-11(16)18-5/h10H,6-9H2,1-5H3,(H,15,17). The van der Waals surface area contributed by atoms with Gasteiger partial charge in [-0.05, 0) is 46.0 Å². The number of carbonyl (C=O) groups excluding carboxylic acids is 2. The number of nitrogens with one attached hydrogen (secondary N) is 1. The van der Waals surface area contributed by atoms with Crippen molar-refractivity contribution in [3.8, 4) is 0 Å². The maximum Gasteiger partial charge on any atom is 0.306 e. The van der Waals surface area contributed by atoms with Crippen LogP contribution < -0.4 is 5.32 Å². The number of hydrogen-bond donors (Lipinski definition) is 1. The Balaban J connectivity index is 2.36. The van der Waals surface area contributed by atoms with Gasteiger partial charge in [0.15, 0.2) is 0 Å². The van der Waals surface area contributed by atoms with Gasteiger partial charge in [-0.15, -0.1) is 11.8 Å². The van der Waals surface area contributed by atoms with E-state index >= 15 is 0 Å². The van der Waals surface area contributed by atoms with E-state index < -0.39 is 0 Å².